The summed E-state index contributed by atoms with van der Waals surface area (Å²) in [5.41, 5.74) is 5.64. The zero-order valence-electron chi connectivity index (χ0n) is 18.7. The summed E-state index contributed by atoms with van der Waals surface area (Å²) in [6.45, 7) is 4.91. The molecule has 9 nitrogen and oxygen atoms in total. The highest BCUT2D eigenvalue weighted by Gasteiger charge is 2.24. The Balaban J connectivity index is 1.31. The zero-order valence-corrected chi connectivity index (χ0v) is 18.7. The van der Waals surface area contributed by atoms with E-state index in [2.05, 4.69) is 41.7 Å². The van der Waals surface area contributed by atoms with Crippen LogP contribution in [0.15, 0.2) is 58.6 Å². The van der Waals surface area contributed by atoms with E-state index < -0.39 is 0 Å². The highest BCUT2D eigenvalue weighted by atomic mass is 16.3. The number of anilines is 2. The van der Waals surface area contributed by atoms with Gasteiger partial charge in [0.1, 0.15) is 6.04 Å². The second kappa shape index (κ2) is 8.92. The van der Waals surface area contributed by atoms with Crippen LogP contribution in [0, 0.1) is 4.91 Å². The van der Waals surface area contributed by atoms with E-state index in [9.17, 15) is 4.91 Å². The van der Waals surface area contributed by atoms with E-state index in [1.54, 1.807) is 12.4 Å². The number of nitrogens with one attached hydrogen (secondary N) is 2. The molecule has 0 saturated carbocycles. The first-order valence-corrected chi connectivity index (χ1v) is 11.6. The lowest BCUT2D eigenvalue weighted by atomic mass is 10.1. The second-order valence-electron chi connectivity index (χ2n) is 8.82. The highest BCUT2D eigenvalue weighted by molar-refractivity contribution is 5.99. The number of benzene rings is 1. The Kier molecular flexibility index (Phi) is 5.48. The molecular formula is C25H25N7O2. The molecule has 4 aromatic rings. The maximum absolute atomic E-state index is 11.1. The highest BCUT2D eigenvalue weighted by Crippen LogP contribution is 2.40. The first kappa shape index (κ1) is 20.9. The lowest BCUT2D eigenvalue weighted by Crippen LogP contribution is -2.42. The molecule has 3 aromatic heterocycles. The molecule has 6 rings (SSSR count). The zero-order chi connectivity index (χ0) is 22.9. The number of furan rings is 1. The van der Waals surface area contributed by atoms with Crippen molar-refractivity contribution in [2.45, 2.75) is 25.4 Å². The summed E-state index contributed by atoms with van der Waals surface area (Å²) in [5.74, 6) is 1.10. The number of hydrogen-bond acceptors (Lipinski definition) is 9. The molecule has 1 aliphatic heterocycles. The number of aryl methyl sites for hydroxylation is 1. The number of nitrogens with zero attached hydrogens (tertiary/aromatic N) is 5. The Labute approximate surface area is 196 Å². The van der Waals surface area contributed by atoms with E-state index in [1.165, 1.54) is 0 Å². The van der Waals surface area contributed by atoms with Gasteiger partial charge in [0.2, 0.25) is 0 Å². The first-order valence-electron chi connectivity index (χ1n) is 11.6. The number of aromatic nitrogens is 3. The van der Waals surface area contributed by atoms with Gasteiger partial charge in [0.25, 0.3) is 0 Å². The third kappa shape index (κ3) is 3.93. The van der Waals surface area contributed by atoms with E-state index in [0.717, 1.165) is 79.0 Å². The van der Waals surface area contributed by atoms with Crippen molar-refractivity contribution in [1.82, 2.24) is 25.2 Å². The average molecular weight is 456 g/mol. The molecule has 1 saturated heterocycles. The Morgan fingerprint density at radius 1 is 1.15 bits per heavy atom. The van der Waals surface area contributed by atoms with E-state index >= 15 is 0 Å². The Morgan fingerprint density at radius 2 is 2.00 bits per heavy atom. The molecule has 4 heterocycles. The minimum absolute atomic E-state index is 0.242. The lowest BCUT2D eigenvalue weighted by Gasteiger charge is -2.26. The lowest BCUT2D eigenvalue weighted by molar-refractivity contribution is 0.233. The van der Waals surface area contributed by atoms with Gasteiger partial charge >= 0.3 is 0 Å². The number of rotatable bonds is 6. The van der Waals surface area contributed by atoms with Gasteiger partial charge in [0, 0.05) is 68.0 Å². The van der Waals surface area contributed by atoms with Crippen molar-refractivity contribution in [3.05, 3.63) is 70.7 Å². The third-order valence-electron chi connectivity index (χ3n) is 6.60. The van der Waals surface area contributed by atoms with Crippen LogP contribution in [0.4, 0.5) is 11.4 Å². The van der Waals surface area contributed by atoms with Gasteiger partial charge in [-0.15, -0.1) is 0 Å². The van der Waals surface area contributed by atoms with E-state index in [1.807, 2.05) is 30.6 Å². The molecule has 2 aliphatic rings. The van der Waals surface area contributed by atoms with Crippen LogP contribution in [0.5, 0.6) is 0 Å². The summed E-state index contributed by atoms with van der Waals surface area (Å²) in [4.78, 5) is 27.0. The van der Waals surface area contributed by atoms with Gasteiger partial charge in [-0.25, -0.2) is 9.97 Å². The number of nitroso groups, excluding NO2 is 1. The van der Waals surface area contributed by atoms with Gasteiger partial charge in [-0.05, 0) is 42.2 Å². The summed E-state index contributed by atoms with van der Waals surface area (Å²) in [6.07, 6.45) is 8.81. The Hall–Kier alpha value is -3.69. The molecule has 2 N–H and O–H groups in total. The quantitative estimate of drug-likeness (QED) is 0.417. The number of hydrogen-bond donors (Lipinski definition) is 2. The molecule has 1 aromatic carbocycles. The van der Waals surface area contributed by atoms with Crippen molar-refractivity contribution in [2.24, 2.45) is 5.18 Å². The van der Waals surface area contributed by atoms with Crippen LogP contribution >= 0.6 is 0 Å². The standard InChI is InChI=1S/C25H25N7O2/c33-31-21-4-1-17-11-18(2-3-19(17)21)30-23-20-5-6-27-14-22(20)34-24(23)25-28-12-16(13-29-25)15-32-9-7-26-8-10-32/h2-3,5-6,11-14,21,26,30H,1,4,7-10,15H2. The van der Waals surface area contributed by atoms with Gasteiger partial charge in [0.15, 0.2) is 17.2 Å². The molecule has 0 amide bonds. The normalized spacial score (nSPS) is 18.2. The van der Waals surface area contributed by atoms with E-state index in [0.29, 0.717) is 17.2 Å². The average Bonchev–Trinajstić information content (AvgIpc) is 3.46. The van der Waals surface area contributed by atoms with Crippen LogP contribution in [0.1, 0.15) is 29.2 Å². The number of fused-ring (bicyclic) bond motifs is 2. The largest absolute Gasteiger partial charge is 0.449 e. The van der Waals surface area contributed by atoms with Crippen LogP contribution in [0.3, 0.4) is 0 Å². The van der Waals surface area contributed by atoms with Crippen molar-refractivity contribution in [2.75, 3.05) is 31.5 Å². The molecule has 34 heavy (non-hydrogen) atoms. The van der Waals surface area contributed by atoms with Crippen LogP contribution in [0.25, 0.3) is 22.6 Å². The summed E-state index contributed by atoms with van der Waals surface area (Å²) in [5, 5.41) is 11.1. The molecule has 0 bridgehead atoms. The molecule has 1 aliphatic carbocycles. The fraction of sp³-hybridized carbons (Fsp3) is 0.320. The summed E-state index contributed by atoms with van der Waals surface area (Å²) < 4.78 is 6.15. The topological polar surface area (TPSA) is 109 Å². The summed E-state index contributed by atoms with van der Waals surface area (Å²) in [7, 11) is 0. The number of pyridine rings is 1. The van der Waals surface area contributed by atoms with Crippen LogP contribution in [0.2, 0.25) is 0 Å². The molecule has 1 fully saturated rings. The summed E-state index contributed by atoms with van der Waals surface area (Å²) >= 11 is 0. The molecular weight excluding hydrogens is 430 g/mol. The third-order valence-corrected chi connectivity index (χ3v) is 6.60. The smallest absolute Gasteiger partial charge is 0.197 e. The predicted octanol–water partition coefficient (Wildman–Crippen LogP) is 4.19. The van der Waals surface area contributed by atoms with Gasteiger partial charge in [-0.3, -0.25) is 9.88 Å². The molecule has 172 valence electrons. The van der Waals surface area contributed by atoms with Gasteiger partial charge in [0.05, 0.1) is 11.9 Å². The maximum Gasteiger partial charge on any atom is 0.197 e. The van der Waals surface area contributed by atoms with Crippen molar-refractivity contribution in [3.63, 3.8) is 0 Å². The monoisotopic (exact) mass is 455 g/mol. The summed E-state index contributed by atoms with van der Waals surface area (Å²) in [6, 6.07) is 7.73. The SMILES string of the molecule is O=NC1CCc2cc(Nc3c(-c4ncc(CN5CCNCC5)cn4)oc4cnccc34)ccc21. The van der Waals surface area contributed by atoms with Crippen molar-refractivity contribution in [1.29, 1.82) is 0 Å². The molecule has 1 atom stereocenters. The van der Waals surface area contributed by atoms with Crippen LogP contribution in [-0.4, -0.2) is 46.0 Å². The van der Waals surface area contributed by atoms with Crippen LogP contribution in [-0.2, 0) is 13.0 Å². The van der Waals surface area contributed by atoms with E-state index in [-0.39, 0.29) is 6.04 Å². The Bertz CT molecular complexity index is 1330. The fourth-order valence-corrected chi connectivity index (χ4v) is 4.84. The maximum atomic E-state index is 11.1. The van der Waals surface area contributed by atoms with Crippen molar-refractivity contribution >= 4 is 22.3 Å². The molecule has 9 heteroatoms. The Morgan fingerprint density at radius 3 is 2.82 bits per heavy atom. The minimum Gasteiger partial charge on any atom is -0.449 e. The predicted molar refractivity (Wildman–Crippen MR) is 130 cm³/mol. The van der Waals surface area contributed by atoms with Gasteiger partial charge < -0.3 is 15.1 Å². The van der Waals surface area contributed by atoms with Crippen molar-refractivity contribution < 1.29 is 4.42 Å². The minimum atomic E-state index is -0.242. The molecule has 0 spiro atoms. The van der Waals surface area contributed by atoms with E-state index in [4.69, 9.17) is 4.42 Å². The second-order valence-corrected chi connectivity index (χ2v) is 8.82. The first-order chi connectivity index (χ1) is 16.8. The van der Waals surface area contributed by atoms with Gasteiger partial charge in [-0.1, -0.05) is 11.2 Å². The fourth-order valence-electron chi connectivity index (χ4n) is 4.84. The molecule has 1 unspecified atom stereocenters. The molecule has 0 radical (unpaired) electrons. The number of piperazine rings is 1. The van der Waals surface area contributed by atoms with Crippen molar-refractivity contribution in [3.8, 4) is 11.6 Å². The van der Waals surface area contributed by atoms with Gasteiger partial charge in [-0.2, -0.15) is 4.91 Å². The van der Waals surface area contributed by atoms with Crippen LogP contribution < -0.4 is 10.6 Å².